The van der Waals surface area contributed by atoms with Crippen LogP contribution in [-0.2, 0) is 11.4 Å². The maximum Gasteiger partial charge on any atom is 0.180 e. The molecule has 1 aromatic heterocycles. The molecule has 3 aromatic rings. The lowest BCUT2D eigenvalue weighted by Gasteiger charge is -2.12. The smallest absolute Gasteiger partial charge is 0.180 e. The monoisotopic (exact) mass is 358 g/mol. The Bertz CT molecular complexity index is 849. The fourth-order valence-electron chi connectivity index (χ4n) is 2.19. The number of nitriles is 1. The van der Waals surface area contributed by atoms with Gasteiger partial charge in [-0.2, -0.15) is 9.23 Å². The number of nitrogens with zero attached hydrogens (tertiary/aromatic N) is 2. The van der Waals surface area contributed by atoms with Crippen LogP contribution in [0.15, 0.2) is 58.0 Å². The lowest BCUT2D eigenvalue weighted by Crippen LogP contribution is -2.12. The average Bonchev–Trinajstić information content (AvgIpc) is 2.94. The first kappa shape index (κ1) is 14.2. The van der Waals surface area contributed by atoms with E-state index in [-0.39, 0.29) is 0 Å². The SMILES string of the molecule is Cc1ccc([S+]([O-])n2ccc3c(Br)ccc(C#N)c32)cc1. The van der Waals surface area contributed by atoms with Crippen molar-refractivity contribution in [3.05, 3.63) is 64.3 Å². The fourth-order valence-corrected chi connectivity index (χ4v) is 3.77. The number of halogens is 1. The molecule has 0 fully saturated rings. The van der Waals surface area contributed by atoms with Gasteiger partial charge in [-0.25, -0.2) is 0 Å². The largest absolute Gasteiger partial charge is 0.587 e. The highest BCUT2D eigenvalue weighted by molar-refractivity contribution is 9.10. The number of aryl methyl sites for hydroxylation is 1. The van der Waals surface area contributed by atoms with E-state index in [0.29, 0.717) is 16.0 Å². The van der Waals surface area contributed by atoms with Gasteiger partial charge in [-0.15, -0.1) is 0 Å². The number of hydrogen-bond donors (Lipinski definition) is 0. The number of fused-ring (bicyclic) bond motifs is 1. The van der Waals surface area contributed by atoms with Gasteiger partial charge < -0.3 is 4.55 Å². The predicted octanol–water partition coefficient (Wildman–Crippen LogP) is 4.15. The zero-order valence-corrected chi connectivity index (χ0v) is 13.6. The predicted molar refractivity (Wildman–Crippen MR) is 87.3 cm³/mol. The number of rotatable bonds is 2. The van der Waals surface area contributed by atoms with Gasteiger partial charge in [-0.3, -0.25) is 0 Å². The van der Waals surface area contributed by atoms with Gasteiger partial charge in [0.1, 0.15) is 22.9 Å². The van der Waals surface area contributed by atoms with Gasteiger partial charge in [-0.1, -0.05) is 33.6 Å². The summed E-state index contributed by atoms with van der Waals surface area (Å²) in [5.41, 5.74) is 2.32. The molecular weight excluding hydrogens is 348 g/mol. The first-order chi connectivity index (χ1) is 10.1. The van der Waals surface area contributed by atoms with Gasteiger partial charge in [-0.05, 0) is 37.3 Å². The molecule has 2 aromatic carbocycles. The van der Waals surface area contributed by atoms with Crippen molar-refractivity contribution in [1.29, 1.82) is 5.26 Å². The Kier molecular flexibility index (Phi) is 3.77. The summed E-state index contributed by atoms with van der Waals surface area (Å²) in [6, 6.07) is 15.2. The van der Waals surface area contributed by atoms with Gasteiger partial charge in [0.25, 0.3) is 0 Å². The molecule has 0 aliphatic heterocycles. The molecule has 0 amide bonds. The topological polar surface area (TPSA) is 51.8 Å². The molecule has 104 valence electrons. The minimum Gasteiger partial charge on any atom is -0.587 e. The molecule has 5 heteroatoms. The van der Waals surface area contributed by atoms with Crippen LogP contribution in [0.25, 0.3) is 10.9 Å². The summed E-state index contributed by atoms with van der Waals surface area (Å²) in [5, 5.41) is 10.2. The van der Waals surface area contributed by atoms with E-state index >= 15 is 0 Å². The third-order valence-electron chi connectivity index (χ3n) is 3.28. The average molecular weight is 359 g/mol. The molecule has 0 aliphatic rings. The summed E-state index contributed by atoms with van der Waals surface area (Å²) in [5.74, 6) is 0. The van der Waals surface area contributed by atoms with E-state index in [0.717, 1.165) is 15.4 Å². The Morgan fingerprint density at radius 1 is 1.14 bits per heavy atom. The van der Waals surface area contributed by atoms with Crippen molar-refractivity contribution >= 4 is 38.2 Å². The van der Waals surface area contributed by atoms with Gasteiger partial charge in [0.15, 0.2) is 4.90 Å². The summed E-state index contributed by atoms with van der Waals surface area (Å²) in [4.78, 5) is 0.710. The molecule has 0 aliphatic carbocycles. The minimum absolute atomic E-state index is 0.513. The Morgan fingerprint density at radius 3 is 2.52 bits per heavy atom. The second-order valence-corrected chi connectivity index (χ2v) is 6.89. The molecule has 21 heavy (non-hydrogen) atoms. The third-order valence-corrected chi connectivity index (χ3v) is 5.31. The molecular formula is C16H11BrN2OS. The van der Waals surface area contributed by atoms with Crippen molar-refractivity contribution < 1.29 is 4.55 Å². The van der Waals surface area contributed by atoms with Crippen LogP contribution >= 0.6 is 15.9 Å². The molecule has 1 heterocycles. The zero-order valence-electron chi connectivity index (χ0n) is 11.2. The lowest BCUT2D eigenvalue weighted by atomic mass is 10.2. The van der Waals surface area contributed by atoms with Crippen molar-refractivity contribution in [2.24, 2.45) is 0 Å². The minimum atomic E-state index is -1.37. The van der Waals surface area contributed by atoms with E-state index in [1.54, 1.807) is 16.2 Å². The summed E-state index contributed by atoms with van der Waals surface area (Å²) in [6.45, 7) is 1.99. The molecule has 0 spiro atoms. The molecule has 1 unspecified atom stereocenters. The molecule has 0 radical (unpaired) electrons. The third kappa shape index (κ3) is 2.46. The van der Waals surface area contributed by atoms with Gasteiger partial charge in [0, 0.05) is 9.86 Å². The van der Waals surface area contributed by atoms with E-state index in [9.17, 15) is 9.81 Å². The van der Waals surface area contributed by atoms with Crippen molar-refractivity contribution in [2.75, 3.05) is 0 Å². The van der Waals surface area contributed by atoms with Crippen LogP contribution in [0.1, 0.15) is 11.1 Å². The maximum atomic E-state index is 12.8. The Morgan fingerprint density at radius 2 is 1.86 bits per heavy atom. The Labute approximate surface area is 134 Å². The normalized spacial score (nSPS) is 12.3. The van der Waals surface area contributed by atoms with Gasteiger partial charge in [0.05, 0.1) is 11.8 Å². The van der Waals surface area contributed by atoms with E-state index in [4.69, 9.17) is 0 Å². The van der Waals surface area contributed by atoms with Crippen LogP contribution in [0.3, 0.4) is 0 Å². The lowest BCUT2D eigenvalue weighted by molar-refractivity contribution is 0.588. The highest BCUT2D eigenvalue weighted by Gasteiger charge is 2.20. The van der Waals surface area contributed by atoms with E-state index < -0.39 is 11.4 Å². The van der Waals surface area contributed by atoms with Gasteiger partial charge in [0.2, 0.25) is 0 Å². The second-order valence-electron chi connectivity index (χ2n) is 4.67. The summed E-state index contributed by atoms with van der Waals surface area (Å²) >= 11 is 2.09. The van der Waals surface area contributed by atoms with E-state index in [2.05, 4.69) is 22.0 Å². The molecule has 0 saturated carbocycles. The van der Waals surface area contributed by atoms with Crippen LogP contribution < -0.4 is 0 Å². The number of hydrogen-bond acceptors (Lipinski definition) is 2. The molecule has 3 nitrogen and oxygen atoms in total. The standard InChI is InChI=1S/C16H11BrN2OS/c1-11-2-5-13(6-3-11)21(20)19-9-8-14-15(17)7-4-12(10-18)16(14)19/h2-9H,1H3. The molecule has 0 saturated heterocycles. The fraction of sp³-hybridized carbons (Fsp3) is 0.0625. The van der Waals surface area contributed by atoms with E-state index in [1.807, 2.05) is 43.3 Å². The second kappa shape index (κ2) is 5.57. The number of aromatic nitrogens is 1. The van der Waals surface area contributed by atoms with Crippen LogP contribution in [0, 0.1) is 18.3 Å². The molecule has 1 atom stereocenters. The first-order valence-corrected chi connectivity index (χ1v) is 8.20. The van der Waals surface area contributed by atoms with E-state index in [1.165, 1.54) is 0 Å². The first-order valence-electron chi connectivity index (χ1n) is 6.30. The maximum absolute atomic E-state index is 12.8. The molecule has 0 N–H and O–H groups in total. The van der Waals surface area contributed by atoms with Crippen molar-refractivity contribution in [1.82, 2.24) is 3.97 Å². The highest BCUT2D eigenvalue weighted by Crippen LogP contribution is 2.30. The van der Waals surface area contributed by atoms with Crippen LogP contribution in [0.2, 0.25) is 0 Å². The highest BCUT2D eigenvalue weighted by atomic mass is 79.9. The Hall–Kier alpha value is -1.74. The number of benzene rings is 2. The summed E-state index contributed by atoms with van der Waals surface area (Å²) in [7, 11) is 0. The molecule has 0 bridgehead atoms. The van der Waals surface area contributed by atoms with Crippen molar-refractivity contribution in [3.63, 3.8) is 0 Å². The quantitative estimate of drug-likeness (QED) is 0.646. The van der Waals surface area contributed by atoms with Crippen LogP contribution in [0.5, 0.6) is 0 Å². The van der Waals surface area contributed by atoms with Crippen LogP contribution in [0.4, 0.5) is 0 Å². The Balaban J connectivity index is 2.19. The van der Waals surface area contributed by atoms with Crippen LogP contribution in [-0.4, -0.2) is 8.53 Å². The van der Waals surface area contributed by atoms with Crippen molar-refractivity contribution in [3.8, 4) is 6.07 Å². The van der Waals surface area contributed by atoms with Gasteiger partial charge >= 0.3 is 0 Å². The summed E-state index contributed by atoms with van der Waals surface area (Å²) < 4.78 is 15.3. The summed E-state index contributed by atoms with van der Waals surface area (Å²) in [6.07, 6.45) is 1.76. The zero-order chi connectivity index (χ0) is 15.0. The molecule has 3 rings (SSSR count). The van der Waals surface area contributed by atoms with Crippen molar-refractivity contribution in [2.45, 2.75) is 11.8 Å².